The molecule has 0 atom stereocenters. The average molecular weight is 246 g/mol. The molecular formula is C14H15FN2O. The minimum absolute atomic E-state index is 0.0535. The summed E-state index contributed by atoms with van der Waals surface area (Å²) >= 11 is 0. The summed E-state index contributed by atoms with van der Waals surface area (Å²) in [5.41, 5.74) is 1.81. The van der Waals surface area contributed by atoms with Crippen LogP contribution in [0.3, 0.4) is 0 Å². The summed E-state index contributed by atoms with van der Waals surface area (Å²) in [6.45, 7) is 2.01. The number of hydrogen-bond donors (Lipinski definition) is 2. The molecule has 0 radical (unpaired) electrons. The van der Waals surface area contributed by atoms with Crippen LogP contribution < -0.4 is 5.32 Å². The first-order valence-corrected chi connectivity index (χ1v) is 6.30. The molecule has 1 amide bonds. The topological polar surface area (TPSA) is 44.9 Å². The lowest BCUT2D eigenvalue weighted by atomic mass is 10.1. The summed E-state index contributed by atoms with van der Waals surface area (Å²) in [6.07, 6.45) is 2.79. The molecule has 0 saturated heterocycles. The highest BCUT2D eigenvalue weighted by Gasteiger charge is 2.26. The number of para-hydroxylation sites is 1. The number of aryl methyl sites for hydroxylation is 1. The fraction of sp³-hybridized carbons (Fsp3) is 0.357. The predicted octanol–water partition coefficient (Wildman–Crippen LogP) is 2.76. The van der Waals surface area contributed by atoms with Crippen molar-refractivity contribution in [2.75, 3.05) is 0 Å². The second kappa shape index (κ2) is 4.12. The van der Waals surface area contributed by atoms with E-state index in [1.807, 2.05) is 19.1 Å². The Bertz CT molecular complexity index is 614. The van der Waals surface area contributed by atoms with Crippen molar-refractivity contribution in [1.82, 2.24) is 10.3 Å². The first kappa shape index (κ1) is 11.3. The molecule has 2 N–H and O–H groups in total. The van der Waals surface area contributed by atoms with E-state index in [-0.39, 0.29) is 17.6 Å². The number of carbonyl (C=O) groups excluding carboxylic acids is 1. The van der Waals surface area contributed by atoms with E-state index in [0.717, 1.165) is 30.3 Å². The van der Waals surface area contributed by atoms with Crippen molar-refractivity contribution in [3.05, 3.63) is 35.3 Å². The molecule has 0 unspecified atom stereocenters. The van der Waals surface area contributed by atoms with Gasteiger partial charge in [-0.15, -0.1) is 0 Å². The minimum Gasteiger partial charge on any atom is -0.348 e. The van der Waals surface area contributed by atoms with Crippen LogP contribution in [0.2, 0.25) is 0 Å². The van der Waals surface area contributed by atoms with Gasteiger partial charge in [-0.2, -0.15) is 0 Å². The number of hydrogen-bond acceptors (Lipinski definition) is 1. The molecule has 1 aromatic carbocycles. The number of benzene rings is 1. The van der Waals surface area contributed by atoms with Gasteiger partial charge in [0.25, 0.3) is 5.91 Å². The summed E-state index contributed by atoms with van der Waals surface area (Å²) < 4.78 is 14.2. The fourth-order valence-electron chi connectivity index (χ4n) is 2.18. The van der Waals surface area contributed by atoms with Gasteiger partial charge < -0.3 is 10.3 Å². The van der Waals surface area contributed by atoms with Gasteiger partial charge in [0.1, 0.15) is 5.69 Å². The largest absolute Gasteiger partial charge is 0.348 e. The Morgan fingerprint density at radius 2 is 2.28 bits per heavy atom. The summed E-state index contributed by atoms with van der Waals surface area (Å²) in [7, 11) is 0. The van der Waals surface area contributed by atoms with Crippen molar-refractivity contribution < 1.29 is 9.18 Å². The van der Waals surface area contributed by atoms with E-state index in [9.17, 15) is 9.18 Å². The number of carbonyl (C=O) groups is 1. The lowest BCUT2D eigenvalue weighted by Gasteiger charge is -2.00. The van der Waals surface area contributed by atoms with Crippen molar-refractivity contribution in [3.63, 3.8) is 0 Å². The van der Waals surface area contributed by atoms with Crippen molar-refractivity contribution in [2.45, 2.75) is 32.2 Å². The molecule has 3 nitrogen and oxygen atoms in total. The van der Waals surface area contributed by atoms with Crippen molar-refractivity contribution in [2.24, 2.45) is 0 Å². The zero-order valence-corrected chi connectivity index (χ0v) is 10.2. The van der Waals surface area contributed by atoms with E-state index in [2.05, 4.69) is 10.3 Å². The zero-order valence-electron chi connectivity index (χ0n) is 10.2. The maximum atomic E-state index is 14.2. The minimum atomic E-state index is -0.446. The summed E-state index contributed by atoms with van der Waals surface area (Å²) in [6, 6.07) is 5.70. The quantitative estimate of drug-likeness (QED) is 0.859. The van der Waals surface area contributed by atoms with Crippen LogP contribution in [0.4, 0.5) is 4.39 Å². The molecular weight excluding hydrogens is 231 g/mol. The molecule has 94 valence electrons. The Balaban J connectivity index is 2.06. The van der Waals surface area contributed by atoms with Crippen LogP contribution in [0.1, 0.15) is 35.8 Å². The van der Waals surface area contributed by atoms with E-state index in [0.29, 0.717) is 5.39 Å². The SMILES string of the molecule is CCc1cccc2c(F)c(C(=O)NC3CC3)[nH]c12. The van der Waals surface area contributed by atoms with Gasteiger partial charge in [0.2, 0.25) is 0 Å². The Morgan fingerprint density at radius 1 is 1.50 bits per heavy atom. The summed E-state index contributed by atoms with van der Waals surface area (Å²) in [4.78, 5) is 14.8. The molecule has 2 aromatic rings. The third-order valence-electron chi connectivity index (χ3n) is 3.38. The number of rotatable bonds is 3. The maximum absolute atomic E-state index is 14.2. The normalized spacial score (nSPS) is 15.0. The van der Waals surface area contributed by atoms with E-state index in [1.165, 1.54) is 0 Å². The van der Waals surface area contributed by atoms with E-state index >= 15 is 0 Å². The molecule has 18 heavy (non-hydrogen) atoms. The van der Waals surface area contributed by atoms with Gasteiger partial charge in [-0.1, -0.05) is 19.1 Å². The van der Waals surface area contributed by atoms with Crippen LogP contribution in [-0.4, -0.2) is 16.9 Å². The third-order valence-corrected chi connectivity index (χ3v) is 3.38. The Morgan fingerprint density at radius 3 is 2.94 bits per heavy atom. The number of nitrogens with one attached hydrogen (secondary N) is 2. The van der Waals surface area contributed by atoms with Crippen molar-refractivity contribution in [1.29, 1.82) is 0 Å². The van der Waals surface area contributed by atoms with Crippen LogP contribution >= 0.6 is 0 Å². The molecule has 1 saturated carbocycles. The van der Waals surface area contributed by atoms with Crippen LogP contribution in [0.5, 0.6) is 0 Å². The number of aromatic amines is 1. The van der Waals surface area contributed by atoms with Crippen LogP contribution in [0.25, 0.3) is 10.9 Å². The van der Waals surface area contributed by atoms with Crippen LogP contribution in [-0.2, 0) is 6.42 Å². The highest BCUT2D eigenvalue weighted by molar-refractivity contribution is 5.99. The van der Waals surface area contributed by atoms with Gasteiger partial charge in [-0.3, -0.25) is 4.79 Å². The highest BCUT2D eigenvalue weighted by Crippen LogP contribution is 2.25. The van der Waals surface area contributed by atoms with Gasteiger partial charge in [-0.05, 0) is 30.9 Å². The zero-order chi connectivity index (χ0) is 12.7. The monoisotopic (exact) mass is 246 g/mol. The standard InChI is InChI=1S/C14H15FN2O/c1-2-8-4-3-5-10-11(15)13(17-12(8)10)14(18)16-9-6-7-9/h3-5,9,17H,2,6-7H2,1H3,(H,16,18). The lowest BCUT2D eigenvalue weighted by molar-refractivity contribution is 0.0943. The van der Waals surface area contributed by atoms with Crippen LogP contribution in [0, 0.1) is 5.82 Å². The van der Waals surface area contributed by atoms with E-state index in [1.54, 1.807) is 6.07 Å². The summed E-state index contributed by atoms with van der Waals surface area (Å²) in [5, 5.41) is 3.29. The van der Waals surface area contributed by atoms with Gasteiger partial charge >= 0.3 is 0 Å². The van der Waals surface area contributed by atoms with Gasteiger partial charge in [0.15, 0.2) is 5.82 Å². The van der Waals surface area contributed by atoms with E-state index < -0.39 is 5.82 Å². The molecule has 1 fully saturated rings. The molecule has 3 rings (SSSR count). The second-order valence-corrected chi connectivity index (χ2v) is 4.75. The highest BCUT2D eigenvalue weighted by atomic mass is 19.1. The molecule has 1 aliphatic rings. The van der Waals surface area contributed by atoms with Crippen molar-refractivity contribution in [3.8, 4) is 0 Å². The first-order chi connectivity index (χ1) is 8.70. The Hall–Kier alpha value is -1.84. The molecule has 4 heteroatoms. The molecule has 0 bridgehead atoms. The Labute approximate surface area is 104 Å². The lowest BCUT2D eigenvalue weighted by Crippen LogP contribution is -2.26. The Kier molecular flexibility index (Phi) is 2.58. The molecule has 1 aromatic heterocycles. The maximum Gasteiger partial charge on any atom is 0.271 e. The first-order valence-electron chi connectivity index (χ1n) is 6.30. The van der Waals surface area contributed by atoms with Gasteiger partial charge in [0.05, 0.1) is 5.52 Å². The number of amides is 1. The number of aromatic nitrogens is 1. The van der Waals surface area contributed by atoms with E-state index in [4.69, 9.17) is 0 Å². The fourth-order valence-corrected chi connectivity index (χ4v) is 2.18. The van der Waals surface area contributed by atoms with Gasteiger partial charge in [-0.25, -0.2) is 4.39 Å². The molecule has 0 aliphatic heterocycles. The van der Waals surface area contributed by atoms with Crippen molar-refractivity contribution >= 4 is 16.8 Å². The second-order valence-electron chi connectivity index (χ2n) is 4.75. The molecule has 0 spiro atoms. The number of H-pyrrole nitrogens is 1. The number of halogens is 1. The smallest absolute Gasteiger partial charge is 0.271 e. The molecule has 1 heterocycles. The number of fused-ring (bicyclic) bond motifs is 1. The summed E-state index contributed by atoms with van der Waals surface area (Å²) in [5.74, 6) is -0.785. The predicted molar refractivity (Wildman–Crippen MR) is 68.1 cm³/mol. The van der Waals surface area contributed by atoms with Crippen LogP contribution in [0.15, 0.2) is 18.2 Å². The molecule has 1 aliphatic carbocycles. The van der Waals surface area contributed by atoms with Gasteiger partial charge in [0, 0.05) is 11.4 Å². The average Bonchev–Trinajstić information content (AvgIpc) is 3.12. The third kappa shape index (κ3) is 1.78.